The number of allylic oxidation sites excluding steroid dienone is 4. The van der Waals surface area contributed by atoms with Crippen LogP contribution in [0.5, 0.6) is 0 Å². The number of nitrogen functional groups attached to an aromatic ring is 1. The van der Waals surface area contributed by atoms with Crippen molar-refractivity contribution in [2.24, 2.45) is 0 Å². The summed E-state index contributed by atoms with van der Waals surface area (Å²) in [6.07, 6.45) is 8.31. The van der Waals surface area contributed by atoms with Crippen LogP contribution in [0.4, 0.5) is 10.1 Å². The van der Waals surface area contributed by atoms with E-state index < -0.39 is 5.82 Å². The van der Waals surface area contributed by atoms with Gasteiger partial charge in [0.2, 0.25) is 0 Å². The van der Waals surface area contributed by atoms with Crippen LogP contribution in [0.1, 0.15) is 32.3 Å². The Hall–Kier alpha value is -2.33. The van der Waals surface area contributed by atoms with Gasteiger partial charge >= 0.3 is 0 Å². The topological polar surface area (TPSA) is 46.3 Å². The summed E-state index contributed by atoms with van der Waals surface area (Å²) in [4.78, 5) is 13.6. The molecular formula is C19H20ClFN2O. The van der Waals surface area contributed by atoms with Crippen molar-refractivity contribution in [3.63, 3.8) is 0 Å². The van der Waals surface area contributed by atoms with E-state index in [1.807, 2.05) is 6.92 Å². The fourth-order valence-electron chi connectivity index (χ4n) is 2.64. The Bertz CT molecular complexity index is 778. The van der Waals surface area contributed by atoms with Gasteiger partial charge in [-0.25, -0.2) is 4.39 Å². The summed E-state index contributed by atoms with van der Waals surface area (Å²) in [6.45, 7) is 7.33. The molecule has 0 saturated heterocycles. The molecule has 0 aromatic heterocycles. The number of carbonyl (C=O) groups excluding carboxylic acids is 1. The maximum Gasteiger partial charge on any atom is 0.157 e. The van der Waals surface area contributed by atoms with Gasteiger partial charge in [0.15, 0.2) is 5.78 Å². The lowest BCUT2D eigenvalue weighted by Crippen LogP contribution is -2.16. The minimum atomic E-state index is -0.457. The van der Waals surface area contributed by atoms with Crippen LogP contribution in [0.3, 0.4) is 0 Å². The molecule has 1 aromatic rings. The van der Waals surface area contributed by atoms with E-state index in [0.717, 1.165) is 12.1 Å². The van der Waals surface area contributed by atoms with Crippen molar-refractivity contribution >= 4 is 28.6 Å². The lowest BCUT2D eigenvalue weighted by atomic mass is 9.98. The highest BCUT2D eigenvalue weighted by molar-refractivity contribution is 6.35. The summed E-state index contributed by atoms with van der Waals surface area (Å²) in [5, 5.41) is 0.169. The molecule has 1 aromatic carbocycles. The Morgan fingerprint density at radius 1 is 1.42 bits per heavy atom. The zero-order valence-corrected chi connectivity index (χ0v) is 14.5. The molecule has 0 spiro atoms. The number of rotatable bonds is 5. The van der Waals surface area contributed by atoms with Gasteiger partial charge in [0.1, 0.15) is 5.82 Å². The molecule has 1 aliphatic rings. The monoisotopic (exact) mass is 346 g/mol. The van der Waals surface area contributed by atoms with Crippen LogP contribution in [0.15, 0.2) is 54.5 Å². The van der Waals surface area contributed by atoms with Crippen molar-refractivity contribution in [1.29, 1.82) is 0 Å². The zero-order chi connectivity index (χ0) is 17.9. The third-order valence-electron chi connectivity index (χ3n) is 3.82. The third-order valence-corrected chi connectivity index (χ3v) is 4.22. The summed E-state index contributed by atoms with van der Waals surface area (Å²) in [7, 11) is 0. The van der Waals surface area contributed by atoms with Crippen molar-refractivity contribution in [3.05, 3.63) is 70.9 Å². The normalized spacial score (nSPS) is 16.0. The lowest BCUT2D eigenvalue weighted by molar-refractivity contribution is -0.113. The van der Waals surface area contributed by atoms with Crippen LogP contribution < -0.4 is 5.73 Å². The molecule has 2 N–H and O–H groups in total. The van der Waals surface area contributed by atoms with Gasteiger partial charge in [0, 0.05) is 29.1 Å². The molecule has 0 saturated carbocycles. The molecule has 0 radical (unpaired) electrons. The summed E-state index contributed by atoms with van der Waals surface area (Å²) in [6, 6.07) is 2.72. The summed E-state index contributed by atoms with van der Waals surface area (Å²) < 4.78 is 14.2. The number of Topliss-reactive ketones (excluding diaryl/α,β-unsaturated/α-hetero) is 1. The highest BCUT2D eigenvalue weighted by atomic mass is 35.5. The Morgan fingerprint density at radius 2 is 2.12 bits per heavy atom. The van der Waals surface area contributed by atoms with E-state index in [1.165, 1.54) is 12.1 Å². The van der Waals surface area contributed by atoms with Crippen molar-refractivity contribution in [2.75, 3.05) is 5.73 Å². The van der Waals surface area contributed by atoms with Crippen molar-refractivity contribution in [1.82, 2.24) is 4.90 Å². The molecule has 1 aliphatic heterocycles. The fraction of sp³-hybridized carbons (Fsp3) is 0.211. The van der Waals surface area contributed by atoms with Crippen molar-refractivity contribution in [3.8, 4) is 0 Å². The third kappa shape index (κ3) is 3.44. The molecule has 0 amide bonds. The van der Waals surface area contributed by atoms with Crippen molar-refractivity contribution < 1.29 is 9.18 Å². The van der Waals surface area contributed by atoms with Gasteiger partial charge in [-0.05, 0) is 31.6 Å². The average molecular weight is 347 g/mol. The van der Waals surface area contributed by atoms with Crippen LogP contribution in [0.25, 0.3) is 5.57 Å². The minimum absolute atomic E-state index is 0.00775. The highest BCUT2D eigenvalue weighted by Gasteiger charge is 2.20. The van der Waals surface area contributed by atoms with Gasteiger partial charge in [0.05, 0.1) is 16.4 Å². The van der Waals surface area contributed by atoms with E-state index in [0.29, 0.717) is 23.3 Å². The molecule has 0 unspecified atom stereocenters. The summed E-state index contributed by atoms with van der Waals surface area (Å²) in [5.74, 6) is -0.449. The first-order valence-electron chi connectivity index (χ1n) is 7.69. The van der Waals surface area contributed by atoms with Gasteiger partial charge in [0.25, 0.3) is 0 Å². The molecule has 5 heteroatoms. The van der Waals surface area contributed by atoms with Crippen LogP contribution in [-0.4, -0.2) is 10.7 Å². The Morgan fingerprint density at radius 3 is 2.71 bits per heavy atom. The van der Waals surface area contributed by atoms with Crippen LogP contribution in [0.2, 0.25) is 5.02 Å². The molecular weight excluding hydrogens is 327 g/mol. The number of hydrogen-bond acceptors (Lipinski definition) is 3. The van der Waals surface area contributed by atoms with Crippen molar-refractivity contribution in [2.45, 2.75) is 26.7 Å². The Labute approximate surface area is 146 Å². The van der Waals surface area contributed by atoms with Gasteiger partial charge in [-0.1, -0.05) is 37.6 Å². The Kier molecular flexibility index (Phi) is 5.62. The predicted molar refractivity (Wildman–Crippen MR) is 97.6 cm³/mol. The number of nitrogens with zero attached hydrogens (tertiary/aromatic N) is 1. The fourth-order valence-corrected chi connectivity index (χ4v) is 2.90. The smallest absolute Gasteiger partial charge is 0.157 e. The molecule has 1 heterocycles. The van der Waals surface area contributed by atoms with Gasteiger partial charge in [-0.15, -0.1) is 0 Å². The van der Waals surface area contributed by atoms with Crippen LogP contribution in [-0.2, 0) is 4.79 Å². The molecule has 0 atom stereocenters. The molecule has 0 fully saturated rings. The first kappa shape index (κ1) is 18.0. The number of carbonyl (C=O) groups is 1. The maximum absolute atomic E-state index is 14.2. The SMILES string of the molecule is C=CN1C=C(c2c(F)ccc(N)c2Cl)C=C/C1=C(/CCC)C(C)=O. The van der Waals surface area contributed by atoms with Gasteiger partial charge in [-0.3, -0.25) is 4.79 Å². The number of ketones is 1. The second-order valence-electron chi connectivity index (χ2n) is 5.50. The number of hydrogen-bond donors (Lipinski definition) is 1. The second-order valence-corrected chi connectivity index (χ2v) is 5.88. The van der Waals surface area contributed by atoms with E-state index in [9.17, 15) is 9.18 Å². The highest BCUT2D eigenvalue weighted by Crippen LogP contribution is 2.35. The second kappa shape index (κ2) is 7.49. The van der Waals surface area contributed by atoms with E-state index in [2.05, 4.69) is 6.58 Å². The predicted octanol–water partition coefficient (Wildman–Crippen LogP) is 5.06. The average Bonchev–Trinajstić information content (AvgIpc) is 2.56. The number of benzene rings is 1. The standard InChI is InChI=1S/C19H20ClFN2O/c1-4-6-14(12(3)24)17-10-7-13(11-23(17)5-2)18-15(21)8-9-16(22)19(18)20/h5,7-11H,2,4,6,22H2,1,3H3/b17-14+. The number of anilines is 1. The Balaban J connectivity index is 2.56. The number of nitrogens with two attached hydrogens (primary N) is 1. The summed E-state index contributed by atoms with van der Waals surface area (Å²) in [5.41, 5.74) is 8.34. The van der Waals surface area contributed by atoms with E-state index >= 15 is 0 Å². The molecule has 24 heavy (non-hydrogen) atoms. The largest absolute Gasteiger partial charge is 0.398 e. The summed E-state index contributed by atoms with van der Waals surface area (Å²) >= 11 is 6.17. The van der Waals surface area contributed by atoms with E-state index in [4.69, 9.17) is 17.3 Å². The quantitative estimate of drug-likeness (QED) is 0.598. The van der Waals surface area contributed by atoms with E-state index in [-0.39, 0.29) is 16.4 Å². The first-order chi connectivity index (χ1) is 11.4. The maximum atomic E-state index is 14.2. The van der Waals surface area contributed by atoms with E-state index in [1.54, 1.807) is 36.4 Å². The molecule has 0 aliphatic carbocycles. The molecule has 126 valence electrons. The minimum Gasteiger partial charge on any atom is -0.398 e. The molecule has 3 nitrogen and oxygen atoms in total. The van der Waals surface area contributed by atoms with Gasteiger partial charge < -0.3 is 10.6 Å². The lowest BCUT2D eigenvalue weighted by Gasteiger charge is -2.25. The van der Waals surface area contributed by atoms with Crippen LogP contribution in [0, 0.1) is 5.82 Å². The van der Waals surface area contributed by atoms with Gasteiger partial charge in [-0.2, -0.15) is 0 Å². The van der Waals surface area contributed by atoms with Crippen LogP contribution >= 0.6 is 11.6 Å². The zero-order valence-electron chi connectivity index (χ0n) is 13.8. The number of halogens is 2. The first-order valence-corrected chi connectivity index (χ1v) is 8.07. The molecule has 2 rings (SSSR count). The molecule has 0 bridgehead atoms.